The maximum absolute atomic E-state index is 12.7. The Morgan fingerprint density at radius 3 is 1.37 bits per heavy atom. The average Bonchev–Trinajstić information content (AvgIpc) is 3.06. The largest absolute Gasteiger partial charge is 0.451 e. The molecule has 0 amide bonds. The van der Waals surface area contributed by atoms with Gasteiger partial charge in [-0.25, -0.2) is 0 Å². The van der Waals surface area contributed by atoms with Crippen molar-refractivity contribution in [2.45, 2.75) is 193 Å². The summed E-state index contributed by atoms with van der Waals surface area (Å²) in [6.07, 6.45) is 43.1. The molecular weight excluding hydrogens is 572 g/mol. The number of aliphatic hydroxyl groups excluding tert-OH is 2. The van der Waals surface area contributed by atoms with Gasteiger partial charge in [0.25, 0.3) is 0 Å². The molecule has 0 spiro atoms. The molecule has 46 heavy (non-hydrogen) atoms. The van der Waals surface area contributed by atoms with Gasteiger partial charge in [-0.2, -0.15) is 0 Å². The van der Waals surface area contributed by atoms with E-state index in [2.05, 4.69) is 62.5 Å². The third-order valence-electron chi connectivity index (χ3n) is 8.35. The van der Waals surface area contributed by atoms with Gasteiger partial charge in [-0.1, -0.05) is 165 Å². The molecule has 0 fully saturated rings. The number of carbonyl (C=O) groups is 2. The lowest BCUT2D eigenvalue weighted by molar-refractivity contribution is -0.163. The zero-order chi connectivity index (χ0) is 33.8. The van der Waals surface area contributed by atoms with Crippen LogP contribution in [-0.4, -0.2) is 40.8 Å². The molecule has 0 aromatic heterocycles. The predicted molar refractivity (Wildman–Crippen MR) is 196 cm³/mol. The summed E-state index contributed by atoms with van der Waals surface area (Å²) in [4.78, 5) is 25.0. The molecule has 5 heteroatoms. The first-order chi connectivity index (χ1) is 22.6. The molecule has 2 atom stereocenters. The topological polar surface area (TPSA) is 83.8 Å². The van der Waals surface area contributed by atoms with Gasteiger partial charge in [0.05, 0.1) is 6.61 Å². The lowest BCUT2D eigenvalue weighted by Gasteiger charge is -2.20. The Hall–Kier alpha value is -1.98. The van der Waals surface area contributed by atoms with E-state index in [1.807, 2.05) is 0 Å². The van der Waals surface area contributed by atoms with E-state index in [9.17, 15) is 19.8 Å². The zero-order valence-corrected chi connectivity index (χ0v) is 30.0. The first-order valence-electron chi connectivity index (χ1n) is 19.2. The van der Waals surface area contributed by atoms with Gasteiger partial charge < -0.3 is 14.9 Å². The lowest BCUT2D eigenvalue weighted by Crippen LogP contribution is -2.40. The Labute approximate surface area is 284 Å². The Bertz CT molecular complexity index is 797. The number of hydrogen-bond acceptors (Lipinski definition) is 5. The molecule has 0 aliphatic carbocycles. The first kappa shape index (κ1) is 44.0. The second-order valence-electron chi connectivity index (χ2n) is 12.8. The van der Waals surface area contributed by atoms with Crippen molar-refractivity contribution < 1.29 is 24.5 Å². The average molecular weight is 645 g/mol. The molecule has 2 N–H and O–H groups in total. The van der Waals surface area contributed by atoms with E-state index >= 15 is 0 Å². The lowest BCUT2D eigenvalue weighted by atomic mass is 10.0. The standard InChI is InChI=1S/C41H72O5/c1-3-5-7-9-11-13-15-17-19-20-22-24-26-28-30-32-34-36-40(45)46-41(39(44)37-42)38(43)35-33-31-29-27-25-23-21-18-16-14-12-10-8-6-4-2/h11,13,17,19,22,24,28,30,39,41-42,44H,3-10,12,14-16,18,20-21,23,25-27,29,31-37H2,1-2H3. The van der Waals surface area contributed by atoms with E-state index in [1.165, 1.54) is 103 Å². The maximum Gasteiger partial charge on any atom is 0.306 e. The normalized spacial score (nSPS) is 13.5. The van der Waals surface area contributed by atoms with Crippen LogP contribution in [0.15, 0.2) is 48.6 Å². The van der Waals surface area contributed by atoms with Crippen LogP contribution in [0.5, 0.6) is 0 Å². The monoisotopic (exact) mass is 645 g/mol. The van der Waals surface area contributed by atoms with Crippen LogP contribution < -0.4 is 0 Å². The van der Waals surface area contributed by atoms with Gasteiger partial charge >= 0.3 is 5.97 Å². The quantitative estimate of drug-likeness (QED) is 0.0414. The van der Waals surface area contributed by atoms with Crippen molar-refractivity contribution in [3.05, 3.63) is 48.6 Å². The fraction of sp³-hybridized carbons (Fsp3) is 0.756. The number of carbonyl (C=O) groups excluding carboxylic acids is 2. The summed E-state index contributed by atoms with van der Waals surface area (Å²) >= 11 is 0. The van der Waals surface area contributed by atoms with Crippen molar-refractivity contribution in [1.82, 2.24) is 0 Å². The van der Waals surface area contributed by atoms with Crippen LogP contribution in [0.25, 0.3) is 0 Å². The number of allylic oxidation sites excluding steroid dienone is 8. The molecule has 0 heterocycles. The van der Waals surface area contributed by atoms with Crippen LogP contribution in [0, 0.1) is 0 Å². The third-order valence-corrected chi connectivity index (χ3v) is 8.35. The van der Waals surface area contributed by atoms with Crippen molar-refractivity contribution >= 4 is 11.8 Å². The van der Waals surface area contributed by atoms with E-state index in [0.717, 1.165) is 44.9 Å². The van der Waals surface area contributed by atoms with Gasteiger partial charge in [-0.05, 0) is 51.4 Å². The summed E-state index contributed by atoms with van der Waals surface area (Å²) in [5.74, 6) is -0.803. The summed E-state index contributed by atoms with van der Waals surface area (Å²) < 4.78 is 5.32. The van der Waals surface area contributed by atoms with Crippen molar-refractivity contribution in [2.24, 2.45) is 0 Å². The minimum absolute atomic E-state index is 0.179. The number of ketones is 1. The molecule has 0 aromatic carbocycles. The number of hydrogen-bond donors (Lipinski definition) is 2. The second-order valence-corrected chi connectivity index (χ2v) is 12.8. The number of aliphatic hydroxyl groups is 2. The number of esters is 1. The van der Waals surface area contributed by atoms with Crippen LogP contribution in [0.3, 0.4) is 0 Å². The van der Waals surface area contributed by atoms with Gasteiger partial charge in [0.2, 0.25) is 0 Å². The Morgan fingerprint density at radius 1 is 0.522 bits per heavy atom. The van der Waals surface area contributed by atoms with E-state index in [4.69, 9.17) is 4.74 Å². The summed E-state index contributed by atoms with van der Waals surface area (Å²) in [6, 6.07) is 0. The molecular formula is C41H72O5. The SMILES string of the molecule is CCCCCC=CCC=CCC=CCC=CCCCC(=O)OC(C(=O)CCCCCCCCCCCCCCCCC)C(O)CO. The first-order valence-corrected chi connectivity index (χ1v) is 19.2. The fourth-order valence-electron chi connectivity index (χ4n) is 5.39. The van der Waals surface area contributed by atoms with E-state index in [1.54, 1.807) is 0 Å². The van der Waals surface area contributed by atoms with E-state index in [0.29, 0.717) is 6.42 Å². The number of Topliss-reactive ketones (excluding diaryl/α,β-unsaturated/α-hetero) is 1. The molecule has 5 nitrogen and oxygen atoms in total. The fourth-order valence-corrected chi connectivity index (χ4v) is 5.39. The van der Waals surface area contributed by atoms with Crippen LogP contribution in [0.1, 0.15) is 181 Å². The third kappa shape index (κ3) is 30.7. The second kappa shape index (κ2) is 35.9. The van der Waals surface area contributed by atoms with E-state index < -0.39 is 24.8 Å². The molecule has 266 valence electrons. The summed E-state index contributed by atoms with van der Waals surface area (Å²) in [5.41, 5.74) is 0. The summed E-state index contributed by atoms with van der Waals surface area (Å²) in [7, 11) is 0. The maximum atomic E-state index is 12.7. The minimum Gasteiger partial charge on any atom is -0.451 e. The van der Waals surface area contributed by atoms with Crippen molar-refractivity contribution in [2.75, 3.05) is 6.61 Å². The van der Waals surface area contributed by atoms with Crippen molar-refractivity contribution in [1.29, 1.82) is 0 Å². The Kier molecular flexibility index (Phi) is 34.3. The van der Waals surface area contributed by atoms with Gasteiger partial charge in [-0.3, -0.25) is 9.59 Å². The highest BCUT2D eigenvalue weighted by Crippen LogP contribution is 2.15. The van der Waals surface area contributed by atoms with Crippen LogP contribution in [0.2, 0.25) is 0 Å². The molecule has 0 aromatic rings. The van der Waals surface area contributed by atoms with Gasteiger partial charge in [0.1, 0.15) is 6.10 Å². The molecule has 0 aliphatic heterocycles. The van der Waals surface area contributed by atoms with Crippen LogP contribution in [-0.2, 0) is 14.3 Å². The summed E-state index contributed by atoms with van der Waals surface area (Å²) in [6.45, 7) is 3.88. The highest BCUT2D eigenvalue weighted by atomic mass is 16.6. The smallest absolute Gasteiger partial charge is 0.306 e. The Balaban J connectivity index is 3.92. The van der Waals surface area contributed by atoms with Crippen LogP contribution >= 0.6 is 0 Å². The Morgan fingerprint density at radius 2 is 0.913 bits per heavy atom. The van der Waals surface area contributed by atoms with Crippen LogP contribution in [0.4, 0.5) is 0 Å². The molecule has 0 rings (SSSR count). The molecule has 0 bridgehead atoms. The molecule has 2 unspecified atom stereocenters. The molecule has 0 saturated heterocycles. The highest BCUT2D eigenvalue weighted by molar-refractivity contribution is 5.86. The van der Waals surface area contributed by atoms with Crippen molar-refractivity contribution in [3.63, 3.8) is 0 Å². The van der Waals surface area contributed by atoms with E-state index in [-0.39, 0.29) is 18.6 Å². The number of rotatable bonds is 34. The predicted octanol–water partition coefficient (Wildman–Crippen LogP) is 11.2. The highest BCUT2D eigenvalue weighted by Gasteiger charge is 2.29. The van der Waals surface area contributed by atoms with Gasteiger partial charge in [-0.15, -0.1) is 0 Å². The van der Waals surface area contributed by atoms with Gasteiger partial charge in [0, 0.05) is 12.8 Å². The minimum atomic E-state index is -1.37. The zero-order valence-electron chi connectivity index (χ0n) is 30.0. The number of ether oxygens (including phenoxy) is 1. The molecule has 0 aliphatic rings. The molecule has 0 radical (unpaired) electrons. The van der Waals surface area contributed by atoms with Gasteiger partial charge in [0.15, 0.2) is 11.9 Å². The number of unbranched alkanes of at least 4 members (excludes halogenated alkanes) is 18. The van der Waals surface area contributed by atoms with Crippen molar-refractivity contribution in [3.8, 4) is 0 Å². The molecule has 0 saturated carbocycles. The summed E-state index contributed by atoms with van der Waals surface area (Å²) in [5, 5.41) is 19.5.